The first-order valence-corrected chi connectivity index (χ1v) is 9.76. The molecule has 0 radical (unpaired) electrons. The van der Waals surface area contributed by atoms with Crippen molar-refractivity contribution in [2.45, 2.75) is 26.6 Å². The Morgan fingerprint density at radius 1 is 1.14 bits per heavy atom. The molecule has 1 amide bonds. The number of carbonyl (C=O) groups excluding carboxylic acids is 1. The minimum Gasteiger partial charge on any atom is -0.486 e. The van der Waals surface area contributed by atoms with Crippen LogP contribution in [0.3, 0.4) is 0 Å². The van der Waals surface area contributed by atoms with Crippen molar-refractivity contribution in [2.75, 3.05) is 0 Å². The maximum Gasteiger partial charge on any atom is 0.251 e. The van der Waals surface area contributed by atoms with Crippen LogP contribution in [0.5, 0.6) is 5.75 Å². The van der Waals surface area contributed by atoms with E-state index in [0.717, 1.165) is 17.8 Å². The number of aromatic nitrogens is 2. The lowest BCUT2D eigenvalue weighted by Gasteiger charge is -2.11. The van der Waals surface area contributed by atoms with Crippen LogP contribution in [0.25, 0.3) is 0 Å². The van der Waals surface area contributed by atoms with Crippen molar-refractivity contribution in [3.8, 4) is 5.75 Å². The summed E-state index contributed by atoms with van der Waals surface area (Å²) in [6.45, 7) is 3.37. The molecule has 3 rings (SSSR count). The summed E-state index contributed by atoms with van der Waals surface area (Å²) in [6, 6.07) is 12.2. The number of nitrogens with one attached hydrogen (secondary N) is 1. The summed E-state index contributed by atoms with van der Waals surface area (Å²) in [5.41, 5.74) is 2.30. The first kappa shape index (κ1) is 20.5. The summed E-state index contributed by atoms with van der Waals surface area (Å²) >= 11 is 18.2. The van der Waals surface area contributed by atoms with Gasteiger partial charge in [0.2, 0.25) is 0 Å². The Bertz CT molecular complexity index is 965. The van der Waals surface area contributed by atoms with Gasteiger partial charge in [0, 0.05) is 23.3 Å². The molecule has 2 aromatic carbocycles. The summed E-state index contributed by atoms with van der Waals surface area (Å²) in [5, 5.41) is 8.20. The standard InChI is InChI=1S/C20H18Cl3N3O2/c1-2-26-16(6-7-25-26)11-24-20(27)14-5-3-4-13(8-14)12-28-19-17(22)9-15(21)10-18(19)23/h3-10H,2,11-12H2,1H3,(H,24,27). The predicted octanol–water partition coefficient (Wildman–Crippen LogP) is 5.37. The number of benzene rings is 2. The van der Waals surface area contributed by atoms with Crippen LogP contribution in [0, 0.1) is 0 Å². The van der Waals surface area contributed by atoms with Gasteiger partial charge < -0.3 is 10.1 Å². The number of halogens is 3. The van der Waals surface area contributed by atoms with Crippen molar-refractivity contribution >= 4 is 40.7 Å². The molecule has 146 valence electrons. The number of nitrogens with zero attached hydrogens (tertiary/aromatic N) is 2. The Labute approximate surface area is 178 Å². The number of hydrogen-bond acceptors (Lipinski definition) is 3. The number of aryl methyl sites for hydroxylation is 1. The molecule has 5 nitrogen and oxygen atoms in total. The van der Waals surface area contributed by atoms with Gasteiger partial charge in [0.05, 0.1) is 22.3 Å². The Hall–Kier alpha value is -2.21. The number of ether oxygens (including phenoxy) is 1. The van der Waals surface area contributed by atoms with E-state index in [1.54, 1.807) is 36.5 Å². The fraction of sp³-hybridized carbons (Fsp3) is 0.200. The molecular weight excluding hydrogens is 421 g/mol. The highest BCUT2D eigenvalue weighted by molar-refractivity contribution is 6.40. The van der Waals surface area contributed by atoms with Crippen molar-refractivity contribution < 1.29 is 9.53 Å². The smallest absolute Gasteiger partial charge is 0.251 e. The minimum atomic E-state index is -0.173. The molecule has 1 aromatic heterocycles. The molecule has 0 saturated heterocycles. The molecule has 8 heteroatoms. The van der Waals surface area contributed by atoms with E-state index in [-0.39, 0.29) is 12.5 Å². The van der Waals surface area contributed by atoms with E-state index < -0.39 is 0 Å². The van der Waals surface area contributed by atoms with Crippen LogP contribution in [-0.2, 0) is 19.7 Å². The first-order chi connectivity index (χ1) is 13.5. The van der Waals surface area contributed by atoms with E-state index in [4.69, 9.17) is 39.5 Å². The average molecular weight is 439 g/mol. The Morgan fingerprint density at radius 3 is 2.61 bits per heavy atom. The number of carbonyl (C=O) groups is 1. The van der Waals surface area contributed by atoms with Crippen LogP contribution >= 0.6 is 34.8 Å². The van der Waals surface area contributed by atoms with Gasteiger partial charge in [-0.05, 0) is 42.8 Å². The monoisotopic (exact) mass is 437 g/mol. The van der Waals surface area contributed by atoms with Crippen LogP contribution in [0.4, 0.5) is 0 Å². The van der Waals surface area contributed by atoms with Crippen molar-refractivity contribution in [1.29, 1.82) is 0 Å². The fourth-order valence-electron chi connectivity index (χ4n) is 2.69. The molecule has 0 fully saturated rings. The molecule has 28 heavy (non-hydrogen) atoms. The first-order valence-electron chi connectivity index (χ1n) is 8.63. The van der Waals surface area contributed by atoms with Gasteiger partial charge in [0.1, 0.15) is 6.61 Å². The molecule has 0 saturated carbocycles. The van der Waals surface area contributed by atoms with Gasteiger partial charge in [-0.2, -0.15) is 5.10 Å². The molecular formula is C20H18Cl3N3O2. The molecule has 0 spiro atoms. The predicted molar refractivity (Wildman–Crippen MR) is 111 cm³/mol. The second-order valence-electron chi connectivity index (χ2n) is 6.01. The fourth-order valence-corrected chi connectivity index (χ4v) is 3.62. The molecule has 0 aliphatic carbocycles. The van der Waals surface area contributed by atoms with E-state index in [1.165, 1.54) is 0 Å². The van der Waals surface area contributed by atoms with Crippen LogP contribution in [0.1, 0.15) is 28.5 Å². The van der Waals surface area contributed by atoms with Crippen LogP contribution in [0.2, 0.25) is 15.1 Å². The highest BCUT2D eigenvalue weighted by Gasteiger charge is 2.11. The second kappa shape index (κ2) is 9.32. The Morgan fingerprint density at radius 2 is 1.89 bits per heavy atom. The van der Waals surface area contributed by atoms with Crippen molar-refractivity contribution in [2.24, 2.45) is 0 Å². The summed E-state index contributed by atoms with van der Waals surface area (Å²) < 4.78 is 7.56. The zero-order chi connectivity index (χ0) is 20.1. The van der Waals surface area contributed by atoms with Gasteiger partial charge in [-0.1, -0.05) is 46.9 Å². The van der Waals surface area contributed by atoms with Crippen LogP contribution in [0.15, 0.2) is 48.7 Å². The third-order valence-electron chi connectivity index (χ3n) is 4.07. The van der Waals surface area contributed by atoms with Gasteiger partial charge in [0.25, 0.3) is 5.91 Å². The summed E-state index contributed by atoms with van der Waals surface area (Å²) in [4.78, 5) is 12.5. The molecule has 3 aromatic rings. The number of rotatable bonds is 7. The van der Waals surface area contributed by atoms with E-state index in [0.29, 0.717) is 32.9 Å². The average Bonchev–Trinajstić information content (AvgIpc) is 3.13. The van der Waals surface area contributed by atoms with E-state index >= 15 is 0 Å². The van der Waals surface area contributed by atoms with E-state index in [9.17, 15) is 4.79 Å². The second-order valence-corrected chi connectivity index (χ2v) is 7.26. The van der Waals surface area contributed by atoms with Crippen LogP contribution < -0.4 is 10.1 Å². The number of hydrogen-bond donors (Lipinski definition) is 1. The largest absolute Gasteiger partial charge is 0.486 e. The van der Waals surface area contributed by atoms with Gasteiger partial charge in [-0.3, -0.25) is 9.48 Å². The minimum absolute atomic E-state index is 0.173. The van der Waals surface area contributed by atoms with Gasteiger partial charge in [-0.25, -0.2) is 0 Å². The van der Waals surface area contributed by atoms with Gasteiger partial charge in [0.15, 0.2) is 5.75 Å². The van der Waals surface area contributed by atoms with Gasteiger partial charge >= 0.3 is 0 Å². The lowest BCUT2D eigenvalue weighted by molar-refractivity contribution is 0.0949. The number of amides is 1. The molecule has 0 bridgehead atoms. The SMILES string of the molecule is CCn1nccc1CNC(=O)c1cccc(COc2c(Cl)cc(Cl)cc2Cl)c1. The maximum absolute atomic E-state index is 12.5. The lowest BCUT2D eigenvalue weighted by atomic mass is 10.1. The molecule has 0 unspecified atom stereocenters. The zero-order valence-corrected chi connectivity index (χ0v) is 17.4. The Balaban J connectivity index is 1.64. The Kier molecular flexibility index (Phi) is 6.83. The van der Waals surface area contributed by atoms with Crippen molar-refractivity contribution in [3.05, 3.63) is 80.6 Å². The van der Waals surface area contributed by atoms with Crippen LogP contribution in [-0.4, -0.2) is 15.7 Å². The van der Waals surface area contributed by atoms with Crippen molar-refractivity contribution in [1.82, 2.24) is 15.1 Å². The van der Waals surface area contributed by atoms with Gasteiger partial charge in [-0.15, -0.1) is 0 Å². The third-order valence-corrected chi connectivity index (χ3v) is 4.85. The summed E-state index contributed by atoms with van der Waals surface area (Å²) in [5.74, 6) is 0.184. The summed E-state index contributed by atoms with van der Waals surface area (Å²) in [7, 11) is 0. The third kappa shape index (κ3) is 4.98. The highest BCUT2D eigenvalue weighted by atomic mass is 35.5. The zero-order valence-electron chi connectivity index (χ0n) is 15.1. The maximum atomic E-state index is 12.5. The molecule has 0 aliphatic rings. The molecule has 0 atom stereocenters. The highest BCUT2D eigenvalue weighted by Crippen LogP contribution is 2.36. The summed E-state index contributed by atoms with van der Waals surface area (Å²) in [6.07, 6.45) is 1.72. The molecule has 1 heterocycles. The topological polar surface area (TPSA) is 56.2 Å². The molecule has 0 aliphatic heterocycles. The van der Waals surface area contributed by atoms with E-state index in [2.05, 4.69) is 10.4 Å². The molecule has 1 N–H and O–H groups in total. The van der Waals surface area contributed by atoms with E-state index in [1.807, 2.05) is 23.7 Å². The van der Waals surface area contributed by atoms with Crippen molar-refractivity contribution in [3.63, 3.8) is 0 Å². The normalized spacial score (nSPS) is 10.7. The lowest BCUT2D eigenvalue weighted by Crippen LogP contribution is -2.24. The quantitative estimate of drug-likeness (QED) is 0.539.